The van der Waals surface area contributed by atoms with Crippen LogP contribution in [0.2, 0.25) is 10.0 Å². The Labute approximate surface area is 160 Å². The molecule has 0 saturated heterocycles. The van der Waals surface area contributed by atoms with E-state index in [-0.39, 0.29) is 40.7 Å². The Balaban J connectivity index is 2.18. The van der Waals surface area contributed by atoms with Crippen LogP contribution in [-0.2, 0) is 10.0 Å². The lowest BCUT2D eigenvalue weighted by Crippen LogP contribution is -2.25. The van der Waals surface area contributed by atoms with Gasteiger partial charge in [0.2, 0.25) is 10.0 Å². The van der Waals surface area contributed by atoms with Gasteiger partial charge in [-0.25, -0.2) is 17.5 Å². The summed E-state index contributed by atoms with van der Waals surface area (Å²) in [6.07, 6.45) is 0.234. The molecule has 0 aliphatic carbocycles. The van der Waals surface area contributed by atoms with Crippen LogP contribution in [0.5, 0.6) is 0 Å². The molecule has 2 rings (SSSR count). The fourth-order valence-electron chi connectivity index (χ4n) is 2.00. The average Bonchev–Trinajstić information content (AvgIpc) is 2.56. The van der Waals surface area contributed by atoms with Crippen LogP contribution in [0.15, 0.2) is 41.3 Å². The van der Waals surface area contributed by atoms with Gasteiger partial charge >= 0.3 is 0 Å². The lowest BCUT2D eigenvalue weighted by Gasteiger charge is -2.10. The van der Waals surface area contributed by atoms with Crippen LogP contribution in [-0.4, -0.2) is 32.6 Å². The second-order valence-corrected chi connectivity index (χ2v) is 7.81. The molecular weight excluding hydrogens is 406 g/mol. The van der Waals surface area contributed by atoms with E-state index < -0.39 is 21.7 Å². The molecule has 0 spiro atoms. The van der Waals surface area contributed by atoms with Crippen molar-refractivity contribution >= 4 is 44.8 Å². The molecule has 0 aromatic heterocycles. The van der Waals surface area contributed by atoms with Gasteiger partial charge in [-0.2, -0.15) is 0 Å². The number of carbonyl (C=O) groups is 1. The molecule has 0 saturated carbocycles. The predicted molar refractivity (Wildman–Crippen MR) is 97.7 cm³/mol. The lowest BCUT2D eigenvalue weighted by atomic mass is 10.2. The molecule has 3 N–H and O–H groups in total. The van der Waals surface area contributed by atoms with E-state index >= 15 is 0 Å². The highest BCUT2D eigenvalue weighted by Crippen LogP contribution is 2.24. The van der Waals surface area contributed by atoms with Crippen molar-refractivity contribution in [2.24, 2.45) is 0 Å². The number of carbonyl (C=O) groups excluding carboxylic acids is 1. The third-order valence-electron chi connectivity index (χ3n) is 3.30. The van der Waals surface area contributed by atoms with Crippen molar-refractivity contribution in [1.82, 2.24) is 4.72 Å². The summed E-state index contributed by atoms with van der Waals surface area (Å²) in [5.41, 5.74) is -0.104. The summed E-state index contributed by atoms with van der Waals surface area (Å²) in [5.74, 6) is -1.59. The van der Waals surface area contributed by atoms with Gasteiger partial charge in [0.05, 0.1) is 21.2 Å². The smallest absolute Gasteiger partial charge is 0.257 e. The lowest BCUT2D eigenvalue weighted by molar-refractivity contribution is 0.102. The van der Waals surface area contributed by atoms with E-state index in [9.17, 15) is 17.6 Å². The fraction of sp³-hybridized carbons (Fsp3) is 0.188. The van der Waals surface area contributed by atoms with Gasteiger partial charge in [0, 0.05) is 18.2 Å². The Bertz CT molecular complexity index is 922. The highest BCUT2D eigenvalue weighted by molar-refractivity contribution is 7.89. The number of anilines is 1. The summed E-state index contributed by atoms with van der Waals surface area (Å²) < 4.78 is 40.5. The summed E-state index contributed by atoms with van der Waals surface area (Å²) in [4.78, 5) is 11.9. The Morgan fingerprint density at radius 2 is 1.88 bits per heavy atom. The molecule has 0 bridgehead atoms. The van der Waals surface area contributed by atoms with Crippen LogP contribution < -0.4 is 10.0 Å². The van der Waals surface area contributed by atoms with Crippen LogP contribution in [0.1, 0.15) is 16.8 Å². The summed E-state index contributed by atoms with van der Waals surface area (Å²) in [6.45, 7) is -0.150. The highest BCUT2D eigenvalue weighted by Gasteiger charge is 2.18. The number of hydrogen-bond donors (Lipinski definition) is 3. The third-order valence-corrected chi connectivity index (χ3v) is 5.31. The van der Waals surface area contributed by atoms with Gasteiger partial charge in [-0.15, -0.1) is 0 Å². The topological polar surface area (TPSA) is 95.5 Å². The molecule has 2 aromatic carbocycles. The zero-order valence-electron chi connectivity index (χ0n) is 13.3. The summed E-state index contributed by atoms with van der Waals surface area (Å²) >= 11 is 11.7. The van der Waals surface area contributed by atoms with Gasteiger partial charge in [-0.1, -0.05) is 23.2 Å². The van der Waals surface area contributed by atoms with E-state index in [2.05, 4.69) is 10.0 Å². The van der Waals surface area contributed by atoms with Crippen molar-refractivity contribution in [1.29, 1.82) is 0 Å². The highest BCUT2D eigenvalue weighted by atomic mass is 35.5. The molecule has 140 valence electrons. The van der Waals surface area contributed by atoms with Crippen molar-refractivity contribution in [2.75, 3.05) is 18.5 Å². The van der Waals surface area contributed by atoms with Crippen LogP contribution in [0, 0.1) is 5.82 Å². The number of hydrogen-bond acceptors (Lipinski definition) is 4. The zero-order valence-corrected chi connectivity index (χ0v) is 15.6. The number of halogens is 3. The summed E-state index contributed by atoms with van der Waals surface area (Å²) in [6, 6.07) is 7.32. The number of rotatable bonds is 7. The number of benzene rings is 2. The Kier molecular flexibility index (Phi) is 6.96. The first-order chi connectivity index (χ1) is 12.2. The second-order valence-electron chi connectivity index (χ2n) is 5.19. The van der Waals surface area contributed by atoms with Gasteiger partial charge < -0.3 is 10.4 Å². The first-order valence-electron chi connectivity index (χ1n) is 7.41. The predicted octanol–water partition coefficient (Wildman–Crippen LogP) is 3.05. The molecule has 0 aliphatic rings. The minimum absolute atomic E-state index is 0.0218. The number of sulfonamides is 1. The van der Waals surface area contributed by atoms with Crippen molar-refractivity contribution < 1.29 is 22.7 Å². The van der Waals surface area contributed by atoms with Gasteiger partial charge in [0.15, 0.2) is 0 Å². The quantitative estimate of drug-likeness (QED) is 0.599. The van der Waals surface area contributed by atoms with Crippen LogP contribution in [0.4, 0.5) is 10.1 Å². The second kappa shape index (κ2) is 8.79. The summed E-state index contributed by atoms with van der Waals surface area (Å²) in [7, 11) is -3.91. The first kappa shape index (κ1) is 20.6. The molecule has 10 heteroatoms. The first-order valence-corrected chi connectivity index (χ1v) is 9.65. The van der Waals surface area contributed by atoms with Crippen molar-refractivity contribution in [3.8, 4) is 0 Å². The molecule has 1 amide bonds. The average molecular weight is 421 g/mol. The zero-order chi connectivity index (χ0) is 19.3. The molecule has 6 nitrogen and oxygen atoms in total. The van der Waals surface area contributed by atoms with E-state index in [1.54, 1.807) is 0 Å². The van der Waals surface area contributed by atoms with E-state index in [4.69, 9.17) is 28.3 Å². The van der Waals surface area contributed by atoms with Crippen LogP contribution in [0.3, 0.4) is 0 Å². The molecule has 0 aliphatic heterocycles. The van der Waals surface area contributed by atoms with E-state index in [0.717, 1.165) is 18.2 Å². The molecule has 26 heavy (non-hydrogen) atoms. The number of amides is 1. The minimum Gasteiger partial charge on any atom is -0.396 e. The number of aliphatic hydroxyl groups is 1. The maximum atomic E-state index is 14.2. The molecule has 0 atom stereocenters. The Morgan fingerprint density at radius 1 is 1.15 bits per heavy atom. The normalized spacial score (nSPS) is 11.4. The molecule has 0 heterocycles. The van der Waals surface area contributed by atoms with Crippen molar-refractivity contribution in [3.63, 3.8) is 0 Å². The third kappa shape index (κ3) is 5.15. The molecule has 0 fully saturated rings. The number of nitrogens with one attached hydrogen (secondary N) is 2. The van der Waals surface area contributed by atoms with Crippen LogP contribution >= 0.6 is 23.2 Å². The van der Waals surface area contributed by atoms with Crippen molar-refractivity contribution in [3.05, 3.63) is 57.8 Å². The Hall–Kier alpha value is -1.71. The standard InChI is InChI=1S/C16H15Cl2FN2O4S/c17-10-2-4-12(13(18)8-10)16(23)21-15-5-3-11(9-14(15)19)26(24,25)20-6-1-7-22/h2-5,8-9,20,22H,1,6-7H2,(H,21,23). The fourth-order valence-corrected chi connectivity index (χ4v) is 3.58. The monoisotopic (exact) mass is 420 g/mol. The van der Waals surface area contributed by atoms with Gasteiger partial charge in [-0.3, -0.25) is 4.79 Å². The molecule has 0 unspecified atom stereocenters. The van der Waals surface area contributed by atoms with E-state index in [1.165, 1.54) is 18.2 Å². The van der Waals surface area contributed by atoms with Gasteiger partial charge in [0.1, 0.15) is 5.82 Å². The van der Waals surface area contributed by atoms with Crippen molar-refractivity contribution in [2.45, 2.75) is 11.3 Å². The minimum atomic E-state index is -3.91. The van der Waals surface area contributed by atoms with E-state index in [0.29, 0.717) is 5.02 Å². The van der Waals surface area contributed by atoms with Gasteiger partial charge in [-0.05, 0) is 42.8 Å². The van der Waals surface area contributed by atoms with Crippen LogP contribution in [0.25, 0.3) is 0 Å². The maximum absolute atomic E-state index is 14.2. The molecular formula is C16H15Cl2FN2O4S. The molecule has 0 radical (unpaired) electrons. The maximum Gasteiger partial charge on any atom is 0.257 e. The van der Waals surface area contributed by atoms with Gasteiger partial charge in [0.25, 0.3) is 5.91 Å². The van der Waals surface area contributed by atoms with E-state index in [1.807, 2.05) is 0 Å². The SMILES string of the molecule is O=C(Nc1ccc(S(=O)(=O)NCCCO)cc1F)c1ccc(Cl)cc1Cl. The largest absolute Gasteiger partial charge is 0.396 e. The summed E-state index contributed by atoms with van der Waals surface area (Å²) in [5, 5.41) is 11.5. The Morgan fingerprint density at radius 3 is 2.50 bits per heavy atom. The molecule has 2 aromatic rings. The number of aliphatic hydroxyl groups excluding tert-OH is 1.